The van der Waals surface area contributed by atoms with Crippen molar-refractivity contribution in [2.45, 2.75) is 94.8 Å². The third-order valence-electron chi connectivity index (χ3n) is 10.3. The molecule has 7 nitrogen and oxygen atoms in total. The number of halogens is 4. The minimum absolute atomic E-state index is 0.0571. The second-order valence-electron chi connectivity index (χ2n) is 13.1. The van der Waals surface area contributed by atoms with Crippen molar-refractivity contribution in [3.63, 3.8) is 0 Å². The fourth-order valence-corrected chi connectivity index (χ4v) is 7.28. The smallest absolute Gasteiger partial charge is 0.283 e. The van der Waals surface area contributed by atoms with E-state index in [2.05, 4.69) is 10.1 Å². The number of anilines is 1. The summed E-state index contributed by atoms with van der Waals surface area (Å²) in [5, 5.41) is 4.25. The molecule has 2 aromatic heterocycles. The number of carbonyl (C=O) groups is 1. The molecule has 224 valence electrons. The van der Waals surface area contributed by atoms with E-state index < -0.39 is 24.5 Å². The number of oxazole rings is 1. The third kappa shape index (κ3) is 5.13. The van der Waals surface area contributed by atoms with Crippen molar-refractivity contribution in [3.8, 4) is 11.5 Å². The number of benzene rings is 1. The lowest BCUT2D eigenvalue weighted by Gasteiger charge is -2.53. The van der Waals surface area contributed by atoms with Crippen LogP contribution in [-0.2, 0) is 10.2 Å². The zero-order chi connectivity index (χ0) is 29.1. The van der Waals surface area contributed by atoms with Gasteiger partial charge in [0.2, 0.25) is 24.1 Å². The zero-order valence-electron chi connectivity index (χ0n) is 23.3. The zero-order valence-corrected chi connectivity index (χ0v) is 23.3. The lowest BCUT2D eigenvalue weighted by atomic mass is 9.53. The van der Waals surface area contributed by atoms with Gasteiger partial charge in [-0.15, -0.1) is 0 Å². The fraction of sp³-hybridized carbons (Fsp3) is 0.613. The SMILES string of the molecule is O=C(CC1CC(C(F)F)C1)N(CC12CCC(c3nc(C4CC4)no3)(CC1)CC2)c1cccc(-c2nc(C(F)F)co2)c1. The van der Waals surface area contributed by atoms with Crippen LogP contribution in [0.4, 0.5) is 23.2 Å². The Balaban J connectivity index is 1.11. The van der Waals surface area contributed by atoms with Crippen molar-refractivity contribution in [2.75, 3.05) is 11.4 Å². The van der Waals surface area contributed by atoms with Crippen LogP contribution in [0, 0.1) is 17.3 Å². The van der Waals surface area contributed by atoms with Gasteiger partial charge in [-0.05, 0) is 93.7 Å². The molecule has 1 aromatic carbocycles. The van der Waals surface area contributed by atoms with Crippen LogP contribution in [0.25, 0.3) is 11.5 Å². The molecular formula is C31H34F4N4O3. The average Bonchev–Trinajstić information content (AvgIpc) is 3.47. The van der Waals surface area contributed by atoms with Crippen LogP contribution in [0.15, 0.2) is 39.5 Å². The van der Waals surface area contributed by atoms with Gasteiger partial charge in [-0.1, -0.05) is 11.2 Å². The van der Waals surface area contributed by atoms with Crippen molar-refractivity contribution in [2.24, 2.45) is 17.3 Å². The summed E-state index contributed by atoms with van der Waals surface area (Å²) in [6.07, 6.45) is 4.43. The lowest BCUT2D eigenvalue weighted by molar-refractivity contribution is -0.122. The molecule has 42 heavy (non-hydrogen) atoms. The Labute approximate surface area is 241 Å². The quantitative estimate of drug-likeness (QED) is 0.225. The number of fused-ring (bicyclic) bond motifs is 3. The highest BCUT2D eigenvalue weighted by Crippen LogP contribution is 2.58. The summed E-state index contributed by atoms with van der Waals surface area (Å²) in [4.78, 5) is 24.3. The molecule has 0 atom stereocenters. The van der Waals surface area contributed by atoms with Crippen molar-refractivity contribution in [1.29, 1.82) is 0 Å². The predicted octanol–water partition coefficient (Wildman–Crippen LogP) is 7.85. The Bertz CT molecular complexity index is 1420. The molecule has 5 fully saturated rings. The molecule has 0 radical (unpaired) electrons. The van der Waals surface area contributed by atoms with E-state index in [0.717, 1.165) is 69.3 Å². The number of aromatic nitrogens is 3. The van der Waals surface area contributed by atoms with Crippen LogP contribution in [0.1, 0.15) is 100 Å². The first kappa shape index (κ1) is 27.6. The second kappa shape index (κ2) is 10.5. The number of carbonyl (C=O) groups excluding carboxylic acids is 1. The summed E-state index contributed by atoms with van der Waals surface area (Å²) < 4.78 is 63.6. The van der Waals surface area contributed by atoms with Gasteiger partial charge in [-0.3, -0.25) is 4.79 Å². The van der Waals surface area contributed by atoms with Gasteiger partial charge in [0.15, 0.2) is 5.82 Å². The Kier molecular flexibility index (Phi) is 6.89. The summed E-state index contributed by atoms with van der Waals surface area (Å²) >= 11 is 0. The highest BCUT2D eigenvalue weighted by Gasteiger charge is 2.53. The first-order chi connectivity index (χ1) is 20.2. The Morgan fingerprint density at radius 1 is 1.02 bits per heavy atom. The number of amides is 1. The molecule has 0 saturated heterocycles. The summed E-state index contributed by atoms with van der Waals surface area (Å²) in [7, 11) is 0. The van der Waals surface area contributed by atoms with Crippen molar-refractivity contribution < 1.29 is 31.3 Å². The topological polar surface area (TPSA) is 85.3 Å². The van der Waals surface area contributed by atoms with Crippen molar-refractivity contribution in [3.05, 3.63) is 47.9 Å². The number of alkyl halides is 4. The lowest BCUT2D eigenvalue weighted by Crippen LogP contribution is -2.51. The van der Waals surface area contributed by atoms with Crippen LogP contribution in [0.5, 0.6) is 0 Å². The van der Waals surface area contributed by atoms with Gasteiger partial charge in [0.05, 0.1) is 0 Å². The minimum atomic E-state index is -2.75. The average molecular weight is 587 g/mol. The summed E-state index contributed by atoms with van der Waals surface area (Å²) in [5.74, 6) is 1.27. The molecule has 0 N–H and O–H groups in total. The van der Waals surface area contributed by atoms with E-state index in [0.29, 0.717) is 36.6 Å². The summed E-state index contributed by atoms with van der Waals surface area (Å²) in [6, 6.07) is 7.03. The maximum absolute atomic E-state index is 13.8. The minimum Gasteiger partial charge on any atom is -0.444 e. The fourth-order valence-electron chi connectivity index (χ4n) is 7.28. The van der Waals surface area contributed by atoms with Gasteiger partial charge in [0.1, 0.15) is 12.0 Å². The molecule has 3 aromatic rings. The summed E-state index contributed by atoms with van der Waals surface area (Å²) in [6.45, 7) is 0.501. The molecule has 2 bridgehead atoms. The first-order valence-corrected chi connectivity index (χ1v) is 15.0. The molecular weight excluding hydrogens is 552 g/mol. The van der Waals surface area contributed by atoms with Crippen LogP contribution >= 0.6 is 0 Å². The predicted molar refractivity (Wildman–Crippen MR) is 144 cm³/mol. The van der Waals surface area contributed by atoms with Crippen LogP contribution in [0.2, 0.25) is 0 Å². The number of hydrogen-bond donors (Lipinski definition) is 0. The standard InChI is InChI=1S/C31H34F4N4O3/c32-25(33)21-12-18(13-21)14-24(40)39(22-3-1-2-20(15-22)28-36-23(16-41-28)26(34)35)17-30-6-9-31(10-7-30,11-8-30)29-37-27(38-42-29)19-4-5-19/h1-3,15-16,18-19,21,25-26H,4-14,17H2. The van der Waals surface area contributed by atoms with Gasteiger partial charge in [0, 0.05) is 41.5 Å². The second-order valence-corrected chi connectivity index (χ2v) is 13.1. The molecule has 1 amide bonds. The van der Waals surface area contributed by atoms with Gasteiger partial charge >= 0.3 is 0 Å². The Morgan fingerprint density at radius 3 is 2.40 bits per heavy atom. The normalized spacial score (nSPS) is 28.8. The van der Waals surface area contributed by atoms with Crippen molar-refractivity contribution >= 4 is 11.6 Å². The van der Waals surface area contributed by atoms with E-state index in [9.17, 15) is 22.4 Å². The highest BCUT2D eigenvalue weighted by atomic mass is 19.3. The number of nitrogens with zero attached hydrogens (tertiary/aromatic N) is 4. The van der Waals surface area contributed by atoms with E-state index in [-0.39, 0.29) is 35.0 Å². The van der Waals surface area contributed by atoms with Crippen LogP contribution < -0.4 is 4.90 Å². The van der Waals surface area contributed by atoms with Crippen LogP contribution in [0.3, 0.4) is 0 Å². The molecule has 11 heteroatoms. The van der Waals surface area contributed by atoms with E-state index in [1.165, 1.54) is 0 Å². The number of rotatable bonds is 10. The summed E-state index contributed by atoms with van der Waals surface area (Å²) in [5.41, 5.74) is 0.468. The third-order valence-corrected chi connectivity index (χ3v) is 10.3. The molecule has 2 heterocycles. The molecule has 5 aliphatic rings. The van der Waals surface area contributed by atoms with Gasteiger partial charge in [-0.2, -0.15) is 4.98 Å². The van der Waals surface area contributed by atoms with Gasteiger partial charge in [-0.25, -0.2) is 22.5 Å². The highest BCUT2D eigenvalue weighted by molar-refractivity contribution is 5.94. The molecule has 0 aliphatic heterocycles. The van der Waals surface area contributed by atoms with E-state index in [4.69, 9.17) is 13.9 Å². The maximum atomic E-state index is 13.8. The molecule has 0 unspecified atom stereocenters. The molecule has 5 saturated carbocycles. The Morgan fingerprint density at radius 2 is 1.76 bits per heavy atom. The van der Waals surface area contributed by atoms with Gasteiger partial charge in [0.25, 0.3) is 6.43 Å². The Hall–Kier alpha value is -3.24. The van der Waals surface area contributed by atoms with E-state index in [1.54, 1.807) is 23.1 Å². The first-order valence-electron chi connectivity index (χ1n) is 15.0. The van der Waals surface area contributed by atoms with Crippen molar-refractivity contribution in [1.82, 2.24) is 15.1 Å². The van der Waals surface area contributed by atoms with E-state index in [1.807, 2.05) is 6.07 Å². The molecule has 8 rings (SSSR count). The van der Waals surface area contributed by atoms with Gasteiger partial charge < -0.3 is 13.8 Å². The number of hydrogen-bond acceptors (Lipinski definition) is 6. The largest absolute Gasteiger partial charge is 0.444 e. The molecule has 0 spiro atoms. The molecule has 5 aliphatic carbocycles. The maximum Gasteiger partial charge on any atom is 0.283 e. The monoisotopic (exact) mass is 586 g/mol. The van der Waals surface area contributed by atoms with Crippen LogP contribution in [-0.4, -0.2) is 34.0 Å². The van der Waals surface area contributed by atoms with E-state index >= 15 is 0 Å².